The molecule has 0 bridgehead atoms. The van der Waals surface area contributed by atoms with E-state index in [9.17, 15) is 0 Å². The second kappa shape index (κ2) is 10.1. The van der Waals surface area contributed by atoms with Crippen molar-refractivity contribution >= 4 is 0 Å². The Hall–Kier alpha value is -0.380. The van der Waals surface area contributed by atoms with Crippen molar-refractivity contribution in [1.29, 1.82) is 0 Å². The van der Waals surface area contributed by atoms with E-state index in [1.807, 2.05) is 6.92 Å². The largest absolute Gasteiger partial charge is 0.382 e. The van der Waals surface area contributed by atoms with Gasteiger partial charge in [-0.2, -0.15) is 0 Å². The third-order valence-electron chi connectivity index (χ3n) is 2.03. The Kier molecular flexibility index (Phi) is 9.89. The Morgan fingerprint density at radius 2 is 2.20 bits per heavy atom. The van der Waals surface area contributed by atoms with Crippen LogP contribution in [0, 0.1) is 0 Å². The molecule has 0 spiro atoms. The van der Waals surface area contributed by atoms with Crippen LogP contribution < -0.4 is 5.32 Å². The second-order valence-corrected chi connectivity index (χ2v) is 3.86. The highest BCUT2D eigenvalue weighted by Gasteiger charge is 2.07. The minimum Gasteiger partial charge on any atom is -0.382 e. The molecule has 0 aromatic heterocycles. The van der Waals surface area contributed by atoms with Gasteiger partial charge in [0.1, 0.15) is 0 Å². The summed E-state index contributed by atoms with van der Waals surface area (Å²) in [5.74, 6) is 0. The summed E-state index contributed by atoms with van der Waals surface area (Å²) in [7, 11) is 1.70. The third kappa shape index (κ3) is 9.91. The molecular weight excluding hydrogens is 190 g/mol. The molecule has 0 heterocycles. The lowest BCUT2D eigenvalue weighted by molar-refractivity contribution is 0.000560. The molecule has 0 aliphatic carbocycles. The molecule has 0 rings (SSSR count). The molecule has 0 aliphatic heterocycles. The summed E-state index contributed by atoms with van der Waals surface area (Å²) < 4.78 is 10.8. The van der Waals surface area contributed by atoms with Crippen molar-refractivity contribution in [3.8, 4) is 0 Å². The van der Waals surface area contributed by atoms with E-state index in [4.69, 9.17) is 9.47 Å². The fourth-order valence-electron chi connectivity index (χ4n) is 1.19. The van der Waals surface area contributed by atoms with Gasteiger partial charge in [0.15, 0.2) is 0 Å². The number of rotatable bonds is 10. The topological polar surface area (TPSA) is 30.5 Å². The minimum atomic E-state index is 0.154. The van der Waals surface area contributed by atoms with Gasteiger partial charge in [-0.3, -0.25) is 0 Å². The van der Waals surface area contributed by atoms with Gasteiger partial charge in [0.25, 0.3) is 0 Å². The number of hydrogen-bond acceptors (Lipinski definition) is 3. The van der Waals surface area contributed by atoms with Crippen molar-refractivity contribution in [2.75, 3.05) is 33.4 Å². The lowest BCUT2D eigenvalue weighted by Gasteiger charge is -2.17. The predicted molar refractivity (Wildman–Crippen MR) is 64.2 cm³/mol. The van der Waals surface area contributed by atoms with Crippen molar-refractivity contribution < 1.29 is 9.47 Å². The van der Waals surface area contributed by atoms with Crippen molar-refractivity contribution in [3.05, 3.63) is 12.2 Å². The van der Waals surface area contributed by atoms with Crippen molar-refractivity contribution in [3.63, 3.8) is 0 Å². The van der Waals surface area contributed by atoms with Crippen LogP contribution >= 0.6 is 0 Å². The standard InChI is InChI=1S/C12H25NO2/c1-5-7-13-9-12(10-14-4)15-8-6-11(2)3/h12-13H,2,5-10H2,1,3-4H3. The molecule has 1 N–H and O–H groups in total. The molecule has 0 fully saturated rings. The van der Waals surface area contributed by atoms with E-state index >= 15 is 0 Å². The Morgan fingerprint density at radius 3 is 2.73 bits per heavy atom. The molecule has 15 heavy (non-hydrogen) atoms. The molecule has 3 heteroatoms. The van der Waals surface area contributed by atoms with E-state index < -0.39 is 0 Å². The first-order valence-electron chi connectivity index (χ1n) is 5.66. The van der Waals surface area contributed by atoms with E-state index in [0.717, 1.165) is 38.1 Å². The summed E-state index contributed by atoms with van der Waals surface area (Å²) in [6, 6.07) is 0. The Balaban J connectivity index is 3.57. The molecule has 90 valence electrons. The zero-order valence-electron chi connectivity index (χ0n) is 10.3. The smallest absolute Gasteiger partial charge is 0.0932 e. The van der Waals surface area contributed by atoms with Crippen molar-refractivity contribution in [2.45, 2.75) is 32.8 Å². The van der Waals surface area contributed by atoms with E-state index in [2.05, 4.69) is 18.8 Å². The van der Waals surface area contributed by atoms with Gasteiger partial charge in [0.05, 0.1) is 19.3 Å². The molecule has 0 aliphatic rings. The van der Waals surface area contributed by atoms with E-state index in [0.29, 0.717) is 6.61 Å². The van der Waals surface area contributed by atoms with Gasteiger partial charge in [-0.1, -0.05) is 12.5 Å². The summed E-state index contributed by atoms with van der Waals surface area (Å²) >= 11 is 0. The molecule has 3 nitrogen and oxygen atoms in total. The number of nitrogens with one attached hydrogen (secondary N) is 1. The monoisotopic (exact) mass is 215 g/mol. The quantitative estimate of drug-likeness (QED) is 0.446. The molecular formula is C12H25NO2. The SMILES string of the molecule is C=C(C)CCOC(CNCCC)COC. The minimum absolute atomic E-state index is 0.154. The Bertz CT molecular complexity index is 160. The van der Waals surface area contributed by atoms with Crippen LogP contribution in [0.5, 0.6) is 0 Å². The molecule has 1 atom stereocenters. The molecule has 0 radical (unpaired) electrons. The third-order valence-corrected chi connectivity index (χ3v) is 2.03. The molecule has 0 amide bonds. The average Bonchev–Trinajstić information content (AvgIpc) is 2.17. The summed E-state index contributed by atoms with van der Waals surface area (Å²) in [5, 5.41) is 3.33. The maximum Gasteiger partial charge on any atom is 0.0932 e. The van der Waals surface area contributed by atoms with Gasteiger partial charge in [-0.25, -0.2) is 0 Å². The van der Waals surface area contributed by atoms with Crippen LogP contribution in [0.15, 0.2) is 12.2 Å². The lowest BCUT2D eigenvalue weighted by Crippen LogP contribution is -2.33. The van der Waals surface area contributed by atoms with E-state index in [1.54, 1.807) is 7.11 Å². The summed E-state index contributed by atoms with van der Waals surface area (Å²) in [6.07, 6.45) is 2.22. The first kappa shape index (κ1) is 14.6. The van der Waals surface area contributed by atoms with Crippen LogP contribution in [0.25, 0.3) is 0 Å². The molecule has 1 unspecified atom stereocenters. The van der Waals surface area contributed by atoms with Crippen LogP contribution in [-0.4, -0.2) is 39.5 Å². The summed E-state index contributed by atoms with van der Waals surface area (Å²) in [6.45, 7) is 11.3. The van der Waals surface area contributed by atoms with Crippen molar-refractivity contribution in [2.24, 2.45) is 0 Å². The molecule has 0 saturated heterocycles. The van der Waals surface area contributed by atoms with E-state index in [1.165, 1.54) is 0 Å². The predicted octanol–water partition coefficient (Wildman–Crippen LogP) is 1.98. The number of methoxy groups -OCH3 is 1. The Morgan fingerprint density at radius 1 is 1.47 bits per heavy atom. The molecule has 0 aromatic carbocycles. The Labute approximate surface area is 93.8 Å². The van der Waals surface area contributed by atoms with Gasteiger partial charge in [-0.05, 0) is 26.3 Å². The number of ether oxygens (including phenoxy) is 2. The van der Waals surface area contributed by atoms with Gasteiger partial charge >= 0.3 is 0 Å². The zero-order valence-corrected chi connectivity index (χ0v) is 10.3. The highest BCUT2D eigenvalue weighted by atomic mass is 16.5. The van der Waals surface area contributed by atoms with Crippen LogP contribution in [0.2, 0.25) is 0 Å². The highest BCUT2D eigenvalue weighted by Crippen LogP contribution is 1.99. The van der Waals surface area contributed by atoms with Crippen LogP contribution in [0.4, 0.5) is 0 Å². The van der Waals surface area contributed by atoms with Crippen molar-refractivity contribution in [1.82, 2.24) is 5.32 Å². The fraction of sp³-hybridized carbons (Fsp3) is 0.833. The zero-order chi connectivity index (χ0) is 11.5. The number of hydrogen-bond donors (Lipinski definition) is 1. The summed E-state index contributed by atoms with van der Waals surface area (Å²) in [5.41, 5.74) is 1.16. The fourth-order valence-corrected chi connectivity index (χ4v) is 1.19. The first-order valence-corrected chi connectivity index (χ1v) is 5.66. The second-order valence-electron chi connectivity index (χ2n) is 3.86. The van der Waals surface area contributed by atoms with Crippen LogP contribution in [0.3, 0.4) is 0 Å². The normalized spacial score (nSPS) is 12.7. The van der Waals surface area contributed by atoms with Crippen LogP contribution in [-0.2, 0) is 9.47 Å². The maximum atomic E-state index is 5.69. The molecule has 0 aromatic rings. The van der Waals surface area contributed by atoms with Gasteiger partial charge < -0.3 is 14.8 Å². The summed E-state index contributed by atoms with van der Waals surface area (Å²) in [4.78, 5) is 0. The maximum absolute atomic E-state index is 5.69. The first-order chi connectivity index (χ1) is 7.20. The average molecular weight is 215 g/mol. The lowest BCUT2D eigenvalue weighted by atomic mass is 10.2. The van der Waals surface area contributed by atoms with E-state index in [-0.39, 0.29) is 6.10 Å². The van der Waals surface area contributed by atoms with Gasteiger partial charge in [0.2, 0.25) is 0 Å². The van der Waals surface area contributed by atoms with Crippen LogP contribution in [0.1, 0.15) is 26.7 Å². The highest BCUT2D eigenvalue weighted by molar-refractivity contribution is 4.87. The van der Waals surface area contributed by atoms with Gasteiger partial charge in [-0.15, -0.1) is 6.58 Å². The van der Waals surface area contributed by atoms with Gasteiger partial charge in [0, 0.05) is 13.7 Å². The molecule has 0 saturated carbocycles.